The molecule has 0 fully saturated rings. The van der Waals surface area contributed by atoms with Crippen LogP contribution in [0.1, 0.15) is 59.3 Å². The lowest BCUT2D eigenvalue weighted by Gasteiger charge is -2.27. The van der Waals surface area contributed by atoms with E-state index in [1.165, 1.54) is 6.92 Å². The molecule has 0 rings (SSSR count). The lowest BCUT2D eigenvalue weighted by atomic mass is 9.98. The van der Waals surface area contributed by atoms with Gasteiger partial charge in [-0.15, -0.1) is 0 Å². The Kier molecular flexibility index (Phi) is 16.0. The Bertz CT molecular complexity index is 744. The van der Waals surface area contributed by atoms with Crippen LogP contribution in [0.25, 0.3) is 0 Å². The Morgan fingerprint density at radius 1 is 0.889 bits per heavy atom. The number of aliphatic carboxylic acids is 1. The number of nitrogens with zero attached hydrogens (tertiary/aromatic N) is 1. The highest BCUT2D eigenvalue weighted by atomic mass is 16.4. The van der Waals surface area contributed by atoms with Crippen LogP contribution in [-0.2, 0) is 19.2 Å². The number of carboxylic acids is 1. The van der Waals surface area contributed by atoms with Crippen LogP contribution in [-0.4, -0.2) is 83.2 Å². The lowest BCUT2D eigenvalue weighted by Crippen LogP contribution is -2.60. The van der Waals surface area contributed by atoms with Gasteiger partial charge in [-0.25, -0.2) is 4.79 Å². The van der Waals surface area contributed by atoms with Crippen molar-refractivity contribution < 1.29 is 29.4 Å². The van der Waals surface area contributed by atoms with Gasteiger partial charge in [-0.2, -0.15) is 0 Å². The van der Waals surface area contributed by atoms with E-state index in [4.69, 9.17) is 22.9 Å². The second-order valence-corrected chi connectivity index (χ2v) is 8.84. The van der Waals surface area contributed by atoms with E-state index in [0.29, 0.717) is 32.2 Å². The van der Waals surface area contributed by atoms with Gasteiger partial charge in [0.2, 0.25) is 17.7 Å². The van der Waals surface area contributed by atoms with Crippen LogP contribution in [0.2, 0.25) is 0 Å². The third-order valence-corrected chi connectivity index (χ3v) is 5.72. The van der Waals surface area contributed by atoms with Crippen LogP contribution >= 0.6 is 0 Å². The summed E-state index contributed by atoms with van der Waals surface area (Å²) in [4.78, 5) is 53.7. The molecule has 0 saturated heterocycles. The molecule has 0 spiro atoms. The first-order valence-electron chi connectivity index (χ1n) is 12.2. The van der Waals surface area contributed by atoms with Crippen LogP contribution in [0.3, 0.4) is 0 Å². The van der Waals surface area contributed by atoms with Gasteiger partial charge in [0.25, 0.3) is 0 Å². The SMILES string of the molecule is CCC(C)C(NC(=O)C(CCCCN)NC(=O)C(NC(=O)C(N)CCCN=C(N)N)C(C)O)C(=O)O. The van der Waals surface area contributed by atoms with Gasteiger partial charge in [0, 0.05) is 6.54 Å². The van der Waals surface area contributed by atoms with E-state index in [1.54, 1.807) is 13.8 Å². The van der Waals surface area contributed by atoms with Crippen molar-refractivity contribution in [3.63, 3.8) is 0 Å². The van der Waals surface area contributed by atoms with Gasteiger partial charge < -0.3 is 49.1 Å². The van der Waals surface area contributed by atoms with Gasteiger partial charge in [-0.3, -0.25) is 19.4 Å². The highest BCUT2D eigenvalue weighted by Gasteiger charge is 2.33. The van der Waals surface area contributed by atoms with E-state index in [1.807, 2.05) is 0 Å². The zero-order valence-electron chi connectivity index (χ0n) is 21.4. The van der Waals surface area contributed by atoms with E-state index < -0.39 is 54.0 Å². The fourth-order valence-corrected chi connectivity index (χ4v) is 3.28. The average molecular weight is 517 g/mol. The topological polar surface area (TPSA) is 261 Å². The van der Waals surface area contributed by atoms with Crippen LogP contribution in [0.5, 0.6) is 0 Å². The zero-order chi connectivity index (χ0) is 27.8. The minimum Gasteiger partial charge on any atom is -0.480 e. The van der Waals surface area contributed by atoms with Crippen molar-refractivity contribution in [1.82, 2.24) is 16.0 Å². The van der Waals surface area contributed by atoms with Crippen molar-refractivity contribution in [3.05, 3.63) is 0 Å². The molecule has 0 aromatic rings. The second-order valence-electron chi connectivity index (χ2n) is 8.84. The fraction of sp³-hybridized carbons (Fsp3) is 0.773. The number of nitrogens with one attached hydrogen (secondary N) is 3. The van der Waals surface area contributed by atoms with Crippen molar-refractivity contribution in [2.75, 3.05) is 13.1 Å². The number of unbranched alkanes of at least 4 members (excludes halogenated alkanes) is 1. The Morgan fingerprint density at radius 2 is 1.50 bits per heavy atom. The predicted molar refractivity (Wildman–Crippen MR) is 135 cm³/mol. The molecule has 6 unspecified atom stereocenters. The smallest absolute Gasteiger partial charge is 0.326 e. The second kappa shape index (κ2) is 17.5. The quantitative estimate of drug-likeness (QED) is 0.0523. The molecule has 0 heterocycles. The number of carboxylic acid groups (broad SMARTS) is 1. The standard InChI is InChI=1S/C22H44N8O6/c1-4-12(2)16(21(35)36)29-19(33)15(9-5-6-10-23)28-20(34)17(13(3)31)30-18(32)14(24)8-7-11-27-22(25)26/h12-17,31H,4-11,23-24H2,1-3H3,(H,28,34)(H,29,33)(H,30,32)(H,35,36)(H4,25,26,27). The number of carbonyl (C=O) groups is 4. The minimum absolute atomic E-state index is 0.0808. The molecular formula is C22H44N8O6. The van der Waals surface area contributed by atoms with Gasteiger partial charge in [-0.05, 0) is 51.5 Å². The first-order valence-corrected chi connectivity index (χ1v) is 12.2. The molecule has 0 aromatic carbocycles. The summed E-state index contributed by atoms with van der Waals surface area (Å²) in [5, 5.41) is 27.0. The number of aliphatic hydroxyl groups is 1. The van der Waals surface area contributed by atoms with Crippen molar-refractivity contribution >= 4 is 29.7 Å². The molecule has 6 atom stereocenters. The summed E-state index contributed by atoms with van der Waals surface area (Å²) in [6, 6.07) is -4.61. The van der Waals surface area contributed by atoms with Crippen LogP contribution in [0.15, 0.2) is 4.99 Å². The molecule has 14 heteroatoms. The van der Waals surface area contributed by atoms with Crippen LogP contribution < -0.4 is 38.9 Å². The van der Waals surface area contributed by atoms with Crippen molar-refractivity contribution in [3.8, 4) is 0 Å². The van der Waals surface area contributed by atoms with E-state index in [0.717, 1.165) is 0 Å². The molecule has 0 saturated carbocycles. The number of rotatable bonds is 18. The van der Waals surface area contributed by atoms with Gasteiger partial charge in [-0.1, -0.05) is 20.3 Å². The predicted octanol–water partition coefficient (Wildman–Crippen LogP) is -2.54. The van der Waals surface area contributed by atoms with Crippen molar-refractivity contribution in [2.24, 2.45) is 33.8 Å². The van der Waals surface area contributed by atoms with E-state index >= 15 is 0 Å². The van der Waals surface area contributed by atoms with E-state index in [-0.39, 0.29) is 31.3 Å². The maximum atomic E-state index is 12.9. The Hall–Kier alpha value is -2.97. The number of hydrogen-bond acceptors (Lipinski definition) is 8. The summed E-state index contributed by atoms with van der Waals surface area (Å²) in [5.74, 6) is -3.78. The lowest BCUT2D eigenvalue weighted by molar-refractivity contribution is -0.144. The molecule has 13 N–H and O–H groups in total. The summed E-state index contributed by atoms with van der Waals surface area (Å²) in [5.41, 5.74) is 21.9. The van der Waals surface area contributed by atoms with Gasteiger partial charge in [0.1, 0.15) is 18.1 Å². The Morgan fingerprint density at radius 3 is 2.00 bits per heavy atom. The molecule has 14 nitrogen and oxygen atoms in total. The normalized spacial score (nSPS) is 15.9. The van der Waals surface area contributed by atoms with E-state index in [2.05, 4.69) is 20.9 Å². The first-order chi connectivity index (χ1) is 16.8. The Balaban J connectivity index is 5.38. The molecule has 0 radical (unpaired) electrons. The molecular weight excluding hydrogens is 472 g/mol. The molecule has 36 heavy (non-hydrogen) atoms. The monoisotopic (exact) mass is 516 g/mol. The molecule has 0 aliphatic rings. The summed E-state index contributed by atoms with van der Waals surface area (Å²) < 4.78 is 0. The van der Waals surface area contributed by atoms with Crippen LogP contribution in [0, 0.1) is 5.92 Å². The summed E-state index contributed by atoms with van der Waals surface area (Å²) in [7, 11) is 0. The number of amides is 3. The maximum Gasteiger partial charge on any atom is 0.326 e. The third-order valence-electron chi connectivity index (χ3n) is 5.72. The largest absolute Gasteiger partial charge is 0.480 e. The Labute approximate surface area is 212 Å². The highest BCUT2D eigenvalue weighted by Crippen LogP contribution is 2.10. The van der Waals surface area contributed by atoms with E-state index in [9.17, 15) is 29.4 Å². The van der Waals surface area contributed by atoms with Crippen molar-refractivity contribution in [1.29, 1.82) is 0 Å². The number of nitrogens with two attached hydrogens (primary N) is 4. The number of carbonyl (C=O) groups excluding carboxylic acids is 3. The highest BCUT2D eigenvalue weighted by molar-refractivity contribution is 5.94. The average Bonchev–Trinajstić information content (AvgIpc) is 2.81. The van der Waals surface area contributed by atoms with Crippen LogP contribution in [0.4, 0.5) is 0 Å². The number of hydrogen-bond donors (Lipinski definition) is 9. The summed E-state index contributed by atoms with van der Waals surface area (Å²) >= 11 is 0. The molecule has 208 valence electrons. The fourth-order valence-electron chi connectivity index (χ4n) is 3.28. The molecule has 0 aliphatic carbocycles. The van der Waals surface area contributed by atoms with Crippen molar-refractivity contribution in [2.45, 2.75) is 89.6 Å². The zero-order valence-corrected chi connectivity index (χ0v) is 21.4. The molecule has 0 aliphatic heterocycles. The summed E-state index contributed by atoms with van der Waals surface area (Å²) in [6.45, 7) is 5.45. The molecule has 0 bridgehead atoms. The van der Waals surface area contributed by atoms with Gasteiger partial charge in [0.05, 0.1) is 12.1 Å². The number of guanidine groups is 1. The molecule has 3 amide bonds. The van der Waals surface area contributed by atoms with Gasteiger partial charge >= 0.3 is 5.97 Å². The summed E-state index contributed by atoms with van der Waals surface area (Å²) in [6.07, 6.45) is 1.12. The van der Waals surface area contributed by atoms with Gasteiger partial charge in [0.15, 0.2) is 5.96 Å². The minimum atomic E-state index is -1.39. The maximum absolute atomic E-state index is 12.9. The number of aliphatic hydroxyl groups excluding tert-OH is 1. The first kappa shape index (κ1) is 33.0. The third kappa shape index (κ3) is 12.7. The number of aliphatic imine (C=N–C) groups is 1. The molecule has 0 aromatic heterocycles.